The van der Waals surface area contributed by atoms with Crippen molar-refractivity contribution in [3.05, 3.63) is 120 Å². The Kier molecular flexibility index (Phi) is 6.66. The average molecular weight is 592 g/mol. The highest BCUT2D eigenvalue weighted by molar-refractivity contribution is 6.09. The van der Waals surface area contributed by atoms with E-state index in [0.717, 1.165) is 55.3 Å². The van der Waals surface area contributed by atoms with Crippen molar-refractivity contribution in [3.63, 3.8) is 0 Å². The zero-order chi connectivity index (χ0) is 31.5. The fourth-order valence-electron chi connectivity index (χ4n) is 6.22. The van der Waals surface area contributed by atoms with Gasteiger partial charge in [-0.1, -0.05) is 96.1 Å². The normalized spacial score (nSPS) is 12.3. The molecule has 0 amide bonds. The van der Waals surface area contributed by atoms with Gasteiger partial charge in [-0.2, -0.15) is 0 Å². The van der Waals surface area contributed by atoms with E-state index >= 15 is 0 Å². The lowest BCUT2D eigenvalue weighted by molar-refractivity contribution is 0.436. The van der Waals surface area contributed by atoms with Crippen LogP contribution in [0.2, 0.25) is 0 Å². The molecule has 4 aromatic carbocycles. The second-order valence-corrected chi connectivity index (χ2v) is 13.8. The molecule has 0 fully saturated rings. The first-order valence-electron chi connectivity index (χ1n) is 15.4. The number of aromatic hydroxyl groups is 1. The molecule has 5 heteroatoms. The molecule has 0 radical (unpaired) electrons. The Labute approximate surface area is 263 Å². The fourth-order valence-corrected chi connectivity index (χ4v) is 6.22. The molecular weight excluding hydrogens is 554 g/mol. The molecule has 5 nitrogen and oxygen atoms in total. The summed E-state index contributed by atoms with van der Waals surface area (Å²) in [5, 5.41) is 14.1. The number of phenolic OH excluding ortho intramolecular Hbond substituents is 1. The molecule has 0 saturated carbocycles. The second-order valence-electron chi connectivity index (χ2n) is 13.8. The van der Waals surface area contributed by atoms with Crippen molar-refractivity contribution in [2.45, 2.75) is 52.4 Å². The molecule has 7 rings (SSSR count). The Morgan fingerprint density at radius 3 is 2.09 bits per heavy atom. The largest absolute Gasteiger partial charge is 0.506 e. The first kappa shape index (κ1) is 28.6. The van der Waals surface area contributed by atoms with Crippen LogP contribution in [0.15, 0.2) is 109 Å². The molecule has 3 aromatic heterocycles. The van der Waals surface area contributed by atoms with E-state index in [2.05, 4.69) is 119 Å². The van der Waals surface area contributed by atoms with Gasteiger partial charge >= 0.3 is 0 Å². The summed E-state index contributed by atoms with van der Waals surface area (Å²) in [6.45, 7) is 13.0. The molecule has 3 heterocycles. The van der Waals surface area contributed by atoms with E-state index in [4.69, 9.17) is 14.7 Å². The standard InChI is InChI=1S/C40H37N3O2/c1-39(2,3)31-18-19-35(44)37-30(31)24-32(40(4,5)6)38(42-37)45-27-16-17-29-28-14-10-11-15-33(28)43(34(29)23-27)36-22-26(20-21-41-36)25-12-8-7-9-13-25/h7-24,44H,1-6H3. The van der Waals surface area contributed by atoms with Gasteiger partial charge in [0.2, 0.25) is 5.88 Å². The number of rotatable bonds is 4. The minimum Gasteiger partial charge on any atom is -0.506 e. The number of fused-ring (bicyclic) bond motifs is 4. The maximum absolute atomic E-state index is 10.9. The van der Waals surface area contributed by atoms with Crippen molar-refractivity contribution in [2.75, 3.05) is 0 Å². The van der Waals surface area contributed by atoms with Gasteiger partial charge in [-0.25, -0.2) is 9.97 Å². The number of pyridine rings is 2. The Balaban J connectivity index is 1.41. The zero-order valence-electron chi connectivity index (χ0n) is 26.6. The van der Waals surface area contributed by atoms with Crippen LogP contribution in [-0.2, 0) is 10.8 Å². The zero-order valence-corrected chi connectivity index (χ0v) is 26.6. The van der Waals surface area contributed by atoms with E-state index in [1.54, 1.807) is 6.07 Å². The summed E-state index contributed by atoms with van der Waals surface area (Å²) >= 11 is 0. The third kappa shape index (κ3) is 5.08. The van der Waals surface area contributed by atoms with E-state index in [0.29, 0.717) is 17.1 Å². The first-order valence-corrected chi connectivity index (χ1v) is 15.4. The molecule has 0 unspecified atom stereocenters. The fraction of sp³-hybridized carbons (Fsp3) is 0.200. The minimum atomic E-state index is -0.252. The van der Waals surface area contributed by atoms with Crippen molar-refractivity contribution in [3.8, 4) is 34.3 Å². The summed E-state index contributed by atoms with van der Waals surface area (Å²) in [6.07, 6.45) is 1.87. The summed E-state index contributed by atoms with van der Waals surface area (Å²) in [7, 11) is 0. The Hall–Kier alpha value is -5.16. The van der Waals surface area contributed by atoms with Crippen molar-refractivity contribution in [1.82, 2.24) is 14.5 Å². The maximum atomic E-state index is 10.9. The highest BCUT2D eigenvalue weighted by Gasteiger charge is 2.26. The van der Waals surface area contributed by atoms with E-state index in [1.165, 1.54) is 0 Å². The SMILES string of the molecule is CC(C)(C)c1cc2c(C(C)(C)C)ccc(O)c2nc1Oc1ccc2c3ccccc3n(-c3cc(-c4ccccc4)ccn3)c2c1. The molecule has 0 bridgehead atoms. The van der Waals surface area contributed by atoms with Gasteiger partial charge in [-0.15, -0.1) is 0 Å². The third-order valence-electron chi connectivity index (χ3n) is 8.49. The highest BCUT2D eigenvalue weighted by atomic mass is 16.5. The Bertz CT molecular complexity index is 2220. The van der Waals surface area contributed by atoms with Gasteiger partial charge in [0, 0.05) is 34.0 Å². The average Bonchev–Trinajstić information content (AvgIpc) is 3.34. The molecule has 1 N–H and O–H groups in total. The lowest BCUT2D eigenvalue weighted by Gasteiger charge is -2.26. The van der Waals surface area contributed by atoms with Crippen LogP contribution in [0, 0.1) is 0 Å². The van der Waals surface area contributed by atoms with Gasteiger partial charge in [0.15, 0.2) is 0 Å². The summed E-state index contributed by atoms with van der Waals surface area (Å²) in [5.41, 5.74) is 6.59. The lowest BCUT2D eigenvalue weighted by atomic mass is 9.81. The molecule has 0 saturated heterocycles. The van der Waals surface area contributed by atoms with Gasteiger partial charge in [-0.3, -0.25) is 4.57 Å². The highest BCUT2D eigenvalue weighted by Crippen LogP contribution is 2.42. The number of hydrogen-bond acceptors (Lipinski definition) is 4. The number of aromatic nitrogens is 3. The topological polar surface area (TPSA) is 60.2 Å². The van der Waals surface area contributed by atoms with Crippen LogP contribution in [0.4, 0.5) is 0 Å². The number of para-hydroxylation sites is 1. The molecule has 0 atom stereocenters. The van der Waals surface area contributed by atoms with E-state index < -0.39 is 0 Å². The number of nitrogens with zero attached hydrogens (tertiary/aromatic N) is 3. The van der Waals surface area contributed by atoms with Crippen molar-refractivity contribution in [1.29, 1.82) is 0 Å². The van der Waals surface area contributed by atoms with Crippen LogP contribution in [0.25, 0.3) is 49.7 Å². The lowest BCUT2D eigenvalue weighted by Crippen LogP contribution is -2.16. The summed E-state index contributed by atoms with van der Waals surface area (Å²) < 4.78 is 8.85. The van der Waals surface area contributed by atoms with E-state index in [1.807, 2.05) is 30.5 Å². The van der Waals surface area contributed by atoms with Crippen LogP contribution in [0.3, 0.4) is 0 Å². The van der Waals surface area contributed by atoms with Crippen LogP contribution in [0.1, 0.15) is 52.7 Å². The molecule has 224 valence electrons. The second kappa shape index (κ2) is 10.5. The Morgan fingerprint density at radius 2 is 1.33 bits per heavy atom. The monoisotopic (exact) mass is 591 g/mol. The molecule has 45 heavy (non-hydrogen) atoms. The molecule has 0 aliphatic carbocycles. The van der Waals surface area contributed by atoms with Crippen molar-refractivity contribution in [2.24, 2.45) is 0 Å². The van der Waals surface area contributed by atoms with Gasteiger partial charge in [0.1, 0.15) is 22.8 Å². The quantitative estimate of drug-likeness (QED) is 0.221. The molecule has 0 spiro atoms. The molecule has 0 aliphatic heterocycles. The Morgan fingerprint density at radius 1 is 0.622 bits per heavy atom. The van der Waals surface area contributed by atoms with Gasteiger partial charge in [0.05, 0.1) is 11.0 Å². The number of hydrogen-bond donors (Lipinski definition) is 1. The van der Waals surface area contributed by atoms with E-state index in [-0.39, 0.29) is 16.6 Å². The van der Waals surface area contributed by atoms with Crippen LogP contribution < -0.4 is 4.74 Å². The smallest absolute Gasteiger partial charge is 0.223 e. The number of benzene rings is 4. The molecular formula is C40H37N3O2. The van der Waals surface area contributed by atoms with Gasteiger partial charge in [-0.05, 0) is 70.0 Å². The third-order valence-corrected chi connectivity index (χ3v) is 8.49. The molecule has 7 aromatic rings. The first-order chi connectivity index (χ1) is 21.5. The minimum absolute atomic E-state index is 0.116. The predicted molar refractivity (Wildman–Crippen MR) is 185 cm³/mol. The van der Waals surface area contributed by atoms with E-state index in [9.17, 15) is 5.11 Å². The number of ether oxygens (including phenoxy) is 1. The number of phenols is 1. The maximum Gasteiger partial charge on any atom is 0.223 e. The molecule has 0 aliphatic rings. The van der Waals surface area contributed by atoms with Crippen LogP contribution in [-0.4, -0.2) is 19.6 Å². The predicted octanol–water partition coefficient (Wildman–Crippen LogP) is 10.5. The van der Waals surface area contributed by atoms with Crippen LogP contribution >= 0.6 is 0 Å². The van der Waals surface area contributed by atoms with Crippen LogP contribution in [0.5, 0.6) is 17.4 Å². The van der Waals surface area contributed by atoms with Gasteiger partial charge in [0.25, 0.3) is 0 Å². The summed E-state index contributed by atoms with van der Waals surface area (Å²) in [4.78, 5) is 9.79. The summed E-state index contributed by atoms with van der Waals surface area (Å²) in [6, 6.07) is 35.0. The summed E-state index contributed by atoms with van der Waals surface area (Å²) in [5.74, 6) is 2.12. The van der Waals surface area contributed by atoms with Crippen molar-refractivity contribution < 1.29 is 9.84 Å². The van der Waals surface area contributed by atoms with Gasteiger partial charge < -0.3 is 9.84 Å². The van der Waals surface area contributed by atoms with Crippen molar-refractivity contribution >= 4 is 32.7 Å².